The van der Waals surface area contributed by atoms with Crippen molar-refractivity contribution in [2.24, 2.45) is 0 Å². The van der Waals surface area contributed by atoms with Gasteiger partial charge in [0.2, 0.25) is 0 Å². The Bertz CT molecular complexity index is 711. The molecule has 2 rings (SSSR count). The van der Waals surface area contributed by atoms with E-state index in [1.54, 1.807) is 19.9 Å². The highest BCUT2D eigenvalue weighted by atomic mass is 35.5. The first-order chi connectivity index (χ1) is 9.25. The molecule has 0 aliphatic heterocycles. The summed E-state index contributed by atoms with van der Waals surface area (Å²) in [4.78, 5) is 0. The maximum atomic E-state index is 12.6. The van der Waals surface area contributed by atoms with Crippen molar-refractivity contribution in [2.45, 2.75) is 20.0 Å². The molecule has 7 heteroatoms. The first kappa shape index (κ1) is 14.4. The van der Waals surface area contributed by atoms with Crippen LogP contribution in [0.4, 0.5) is 13.2 Å². The monoisotopic (exact) mass is 299 g/mol. The van der Waals surface area contributed by atoms with Gasteiger partial charge in [0.15, 0.2) is 0 Å². The van der Waals surface area contributed by atoms with E-state index in [0.717, 1.165) is 12.1 Å². The number of nitriles is 1. The van der Waals surface area contributed by atoms with Crippen molar-refractivity contribution in [3.63, 3.8) is 0 Å². The molecule has 0 bridgehead atoms. The van der Waals surface area contributed by atoms with Gasteiger partial charge in [0.05, 0.1) is 33.2 Å². The summed E-state index contributed by atoms with van der Waals surface area (Å²) in [6.07, 6.45) is -4.49. The van der Waals surface area contributed by atoms with Gasteiger partial charge in [0, 0.05) is 0 Å². The van der Waals surface area contributed by atoms with E-state index in [2.05, 4.69) is 5.10 Å². The van der Waals surface area contributed by atoms with Gasteiger partial charge in [-0.15, -0.1) is 0 Å². The van der Waals surface area contributed by atoms with Crippen molar-refractivity contribution in [2.75, 3.05) is 0 Å². The fourth-order valence-electron chi connectivity index (χ4n) is 1.84. The fourth-order valence-corrected chi connectivity index (χ4v) is 1.96. The minimum absolute atomic E-state index is 0.109. The third kappa shape index (κ3) is 2.37. The highest BCUT2D eigenvalue weighted by molar-refractivity contribution is 6.31. The van der Waals surface area contributed by atoms with Crippen LogP contribution < -0.4 is 0 Å². The molecule has 0 N–H and O–H groups in total. The predicted molar refractivity (Wildman–Crippen MR) is 67.8 cm³/mol. The fraction of sp³-hybridized carbons (Fsp3) is 0.231. The Labute approximate surface area is 118 Å². The molecule has 20 heavy (non-hydrogen) atoms. The third-order valence-electron chi connectivity index (χ3n) is 2.88. The lowest BCUT2D eigenvalue weighted by molar-refractivity contribution is -0.137. The summed E-state index contributed by atoms with van der Waals surface area (Å²) >= 11 is 6.00. The normalized spacial score (nSPS) is 11.4. The van der Waals surface area contributed by atoms with E-state index in [1.165, 1.54) is 10.7 Å². The van der Waals surface area contributed by atoms with E-state index in [4.69, 9.17) is 16.9 Å². The molecule has 0 aliphatic carbocycles. The first-order valence-corrected chi connectivity index (χ1v) is 5.97. The van der Waals surface area contributed by atoms with Gasteiger partial charge in [-0.25, -0.2) is 4.68 Å². The molecular formula is C13H9ClF3N3. The molecule has 0 aliphatic rings. The van der Waals surface area contributed by atoms with E-state index in [1.807, 2.05) is 0 Å². The van der Waals surface area contributed by atoms with Crippen molar-refractivity contribution < 1.29 is 13.2 Å². The van der Waals surface area contributed by atoms with Crippen LogP contribution in [-0.2, 0) is 6.18 Å². The zero-order valence-electron chi connectivity index (χ0n) is 10.6. The van der Waals surface area contributed by atoms with Gasteiger partial charge >= 0.3 is 6.18 Å². The third-order valence-corrected chi connectivity index (χ3v) is 3.42. The second-order valence-corrected chi connectivity index (χ2v) is 4.62. The summed E-state index contributed by atoms with van der Waals surface area (Å²) in [5.74, 6) is 0. The molecule has 0 saturated heterocycles. The summed E-state index contributed by atoms with van der Waals surface area (Å²) < 4.78 is 39.3. The van der Waals surface area contributed by atoms with Crippen molar-refractivity contribution in [1.82, 2.24) is 9.78 Å². The largest absolute Gasteiger partial charge is 0.416 e. The van der Waals surface area contributed by atoms with Gasteiger partial charge in [-0.2, -0.15) is 23.5 Å². The molecule has 1 heterocycles. The summed E-state index contributed by atoms with van der Waals surface area (Å²) in [6, 6.07) is 4.70. The maximum absolute atomic E-state index is 12.6. The molecule has 0 spiro atoms. The lowest BCUT2D eigenvalue weighted by Crippen LogP contribution is -2.08. The van der Waals surface area contributed by atoms with Gasteiger partial charge in [-0.3, -0.25) is 0 Å². The van der Waals surface area contributed by atoms with E-state index in [9.17, 15) is 13.2 Å². The van der Waals surface area contributed by atoms with Crippen LogP contribution in [0.5, 0.6) is 0 Å². The number of nitrogens with zero attached hydrogens (tertiary/aromatic N) is 3. The lowest BCUT2D eigenvalue weighted by Gasteiger charge is -2.11. The number of aryl methyl sites for hydroxylation is 1. The smallest absolute Gasteiger partial charge is 0.235 e. The summed E-state index contributed by atoms with van der Waals surface area (Å²) in [6.45, 7) is 3.36. The number of hydrogen-bond donors (Lipinski definition) is 0. The predicted octanol–water partition coefficient (Wildman–Crippen LogP) is 4.03. The lowest BCUT2D eigenvalue weighted by atomic mass is 10.1. The van der Waals surface area contributed by atoms with E-state index < -0.39 is 11.7 Å². The Balaban J connectivity index is 2.64. The Morgan fingerprint density at radius 2 is 1.95 bits per heavy atom. The van der Waals surface area contributed by atoms with Gasteiger partial charge in [-0.1, -0.05) is 11.6 Å². The Hall–Kier alpha value is -2.00. The number of benzene rings is 1. The summed E-state index contributed by atoms with van der Waals surface area (Å²) in [5.41, 5.74) is 0.411. The minimum atomic E-state index is -4.49. The molecule has 3 nitrogen and oxygen atoms in total. The van der Waals surface area contributed by atoms with Crippen LogP contribution in [0.2, 0.25) is 5.02 Å². The van der Waals surface area contributed by atoms with Crippen molar-refractivity contribution in [1.29, 1.82) is 5.26 Å². The Kier molecular flexibility index (Phi) is 3.48. The van der Waals surface area contributed by atoms with Crippen LogP contribution in [0.25, 0.3) is 5.69 Å². The molecule has 0 atom stereocenters. The van der Waals surface area contributed by atoms with Gasteiger partial charge < -0.3 is 0 Å². The topological polar surface area (TPSA) is 41.6 Å². The van der Waals surface area contributed by atoms with Crippen LogP contribution in [-0.4, -0.2) is 9.78 Å². The van der Waals surface area contributed by atoms with Crippen LogP contribution >= 0.6 is 11.6 Å². The molecule has 2 aromatic rings. The van der Waals surface area contributed by atoms with Gasteiger partial charge in [-0.05, 0) is 32.0 Å². The average Bonchev–Trinajstić information content (AvgIpc) is 2.64. The van der Waals surface area contributed by atoms with Crippen LogP contribution in [0, 0.1) is 25.2 Å². The molecule has 0 saturated carbocycles. The number of hydrogen-bond acceptors (Lipinski definition) is 2. The van der Waals surface area contributed by atoms with Crippen molar-refractivity contribution in [3.8, 4) is 11.8 Å². The summed E-state index contributed by atoms with van der Waals surface area (Å²) in [7, 11) is 0. The number of alkyl halides is 3. The molecule has 0 fully saturated rings. The Morgan fingerprint density at radius 1 is 1.30 bits per heavy atom. The molecular weight excluding hydrogens is 291 g/mol. The molecule has 1 aromatic heterocycles. The molecule has 0 amide bonds. The van der Waals surface area contributed by atoms with E-state index in [0.29, 0.717) is 16.4 Å². The van der Waals surface area contributed by atoms with Gasteiger partial charge in [0.1, 0.15) is 6.07 Å². The molecule has 0 radical (unpaired) electrons. The van der Waals surface area contributed by atoms with Crippen LogP contribution in [0.15, 0.2) is 18.2 Å². The standard InChI is InChI=1S/C13H9ClF3N3/c1-7-12(14)8(2)20(19-7)11-4-3-10(13(15,16)17)5-9(11)6-18/h3-5H,1-2H3. The second kappa shape index (κ2) is 4.84. The van der Waals surface area contributed by atoms with Crippen molar-refractivity contribution >= 4 is 11.6 Å². The Morgan fingerprint density at radius 3 is 2.40 bits per heavy atom. The molecule has 104 valence electrons. The zero-order valence-corrected chi connectivity index (χ0v) is 11.3. The summed E-state index contributed by atoms with van der Waals surface area (Å²) in [5, 5.41) is 13.6. The van der Waals surface area contributed by atoms with Crippen LogP contribution in [0.1, 0.15) is 22.5 Å². The quantitative estimate of drug-likeness (QED) is 0.797. The minimum Gasteiger partial charge on any atom is -0.235 e. The van der Waals surface area contributed by atoms with Gasteiger partial charge in [0.25, 0.3) is 0 Å². The van der Waals surface area contributed by atoms with E-state index in [-0.39, 0.29) is 11.3 Å². The average molecular weight is 300 g/mol. The number of halogens is 4. The highest BCUT2D eigenvalue weighted by Gasteiger charge is 2.31. The SMILES string of the molecule is Cc1nn(-c2ccc(C(F)(F)F)cc2C#N)c(C)c1Cl. The maximum Gasteiger partial charge on any atom is 0.416 e. The van der Waals surface area contributed by atoms with Crippen LogP contribution in [0.3, 0.4) is 0 Å². The highest BCUT2D eigenvalue weighted by Crippen LogP contribution is 2.32. The zero-order chi connectivity index (χ0) is 15.1. The first-order valence-electron chi connectivity index (χ1n) is 5.59. The number of rotatable bonds is 1. The van der Waals surface area contributed by atoms with E-state index >= 15 is 0 Å². The van der Waals surface area contributed by atoms with Crippen molar-refractivity contribution in [3.05, 3.63) is 45.7 Å². The molecule has 0 unspecified atom stereocenters. The molecule has 1 aromatic carbocycles. The number of aromatic nitrogens is 2. The second-order valence-electron chi connectivity index (χ2n) is 4.24.